The molecule has 4 rings (SSSR count). The van der Waals surface area contributed by atoms with Crippen molar-refractivity contribution in [3.8, 4) is 17.0 Å². The summed E-state index contributed by atoms with van der Waals surface area (Å²) in [5.41, 5.74) is 4.38. The van der Waals surface area contributed by atoms with Crippen molar-refractivity contribution in [3.05, 3.63) is 77.7 Å². The third-order valence-corrected chi connectivity index (χ3v) is 4.33. The van der Waals surface area contributed by atoms with Gasteiger partial charge in [-0.3, -0.25) is 4.79 Å². The number of aromatic nitrogens is 2. The quantitative estimate of drug-likeness (QED) is 0.797. The molecule has 0 spiro atoms. The van der Waals surface area contributed by atoms with Crippen LogP contribution in [0.15, 0.2) is 61.1 Å². The van der Waals surface area contributed by atoms with Crippen LogP contribution in [0.2, 0.25) is 0 Å². The molecule has 1 aliphatic rings. The van der Waals surface area contributed by atoms with Crippen molar-refractivity contribution in [3.63, 3.8) is 0 Å². The highest BCUT2D eigenvalue weighted by atomic mass is 16.5. The van der Waals surface area contributed by atoms with Crippen molar-refractivity contribution in [2.75, 3.05) is 0 Å². The van der Waals surface area contributed by atoms with Crippen LogP contribution in [0.3, 0.4) is 0 Å². The van der Waals surface area contributed by atoms with E-state index in [-0.39, 0.29) is 11.9 Å². The molecule has 2 aromatic carbocycles. The zero-order valence-electron chi connectivity index (χ0n) is 13.8. The van der Waals surface area contributed by atoms with E-state index in [9.17, 15) is 4.79 Å². The summed E-state index contributed by atoms with van der Waals surface area (Å²) in [4.78, 5) is 20.8. The molecule has 0 saturated carbocycles. The van der Waals surface area contributed by atoms with Crippen LogP contribution in [-0.4, -0.2) is 15.9 Å². The average molecular weight is 331 g/mol. The molecule has 5 heteroatoms. The maximum Gasteiger partial charge on any atom is 0.251 e. The van der Waals surface area contributed by atoms with Crippen LogP contribution in [0.25, 0.3) is 11.3 Å². The molecular formula is C20H17N3O2. The van der Waals surface area contributed by atoms with Crippen LogP contribution < -0.4 is 10.1 Å². The summed E-state index contributed by atoms with van der Waals surface area (Å²) in [6.45, 7) is 2.38. The van der Waals surface area contributed by atoms with Gasteiger partial charge < -0.3 is 10.1 Å². The minimum absolute atomic E-state index is 0.0607. The molecule has 0 bridgehead atoms. The number of nitrogens with zero attached hydrogens (tertiary/aromatic N) is 2. The number of nitrogens with one attached hydrogen (secondary N) is 1. The van der Waals surface area contributed by atoms with Crippen molar-refractivity contribution in [1.29, 1.82) is 0 Å². The fourth-order valence-corrected chi connectivity index (χ4v) is 2.97. The predicted molar refractivity (Wildman–Crippen MR) is 94.1 cm³/mol. The van der Waals surface area contributed by atoms with Crippen molar-refractivity contribution in [2.24, 2.45) is 0 Å². The first kappa shape index (κ1) is 15.3. The molecule has 5 nitrogen and oxygen atoms in total. The molecule has 0 fully saturated rings. The van der Waals surface area contributed by atoms with Crippen molar-refractivity contribution >= 4 is 5.91 Å². The van der Waals surface area contributed by atoms with Crippen LogP contribution in [0, 0.1) is 0 Å². The predicted octanol–water partition coefficient (Wildman–Crippen LogP) is 3.53. The molecule has 3 aromatic rings. The van der Waals surface area contributed by atoms with Gasteiger partial charge in [-0.05, 0) is 30.2 Å². The first-order valence-electron chi connectivity index (χ1n) is 8.14. The van der Waals surface area contributed by atoms with E-state index in [0.717, 1.165) is 22.4 Å². The van der Waals surface area contributed by atoms with E-state index in [1.165, 1.54) is 6.33 Å². The topological polar surface area (TPSA) is 64.1 Å². The number of hydrogen-bond donors (Lipinski definition) is 1. The fourth-order valence-electron chi connectivity index (χ4n) is 2.97. The van der Waals surface area contributed by atoms with Crippen LogP contribution in [-0.2, 0) is 6.61 Å². The van der Waals surface area contributed by atoms with E-state index in [0.29, 0.717) is 17.9 Å². The second-order valence-corrected chi connectivity index (χ2v) is 6.00. The maximum atomic E-state index is 12.6. The monoisotopic (exact) mass is 331 g/mol. The third-order valence-electron chi connectivity index (χ3n) is 4.33. The van der Waals surface area contributed by atoms with Gasteiger partial charge in [-0.2, -0.15) is 0 Å². The van der Waals surface area contributed by atoms with Crippen molar-refractivity contribution in [2.45, 2.75) is 19.6 Å². The molecule has 1 atom stereocenters. The molecule has 1 aromatic heterocycles. The molecule has 0 saturated heterocycles. The van der Waals surface area contributed by atoms with Crippen LogP contribution in [0.5, 0.6) is 5.75 Å². The Kier molecular flexibility index (Phi) is 3.90. The Balaban J connectivity index is 1.57. The number of hydrogen-bond acceptors (Lipinski definition) is 4. The van der Waals surface area contributed by atoms with E-state index < -0.39 is 0 Å². The van der Waals surface area contributed by atoms with Crippen LogP contribution in [0.1, 0.15) is 34.5 Å². The summed E-state index contributed by atoms with van der Waals surface area (Å²) in [7, 11) is 0. The first-order valence-corrected chi connectivity index (χ1v) is 8.14. The fraction of sp³-hybridized carbons (Fsp3) is 0.150. The normalized spacial score (nSPS) is 13.2. The summed E-state index contributed by atoms with van der Waals surface area (Å²) in [5.74, 6) is 0.567. The van der Waals surface area contributed by atoms with E-state index in [2.05, 4.69) is 15.3 Å². The smallest absolute Gasteiger partial charge is 0.251 e. The number of ether oxygens (including phenoxy) is 1. The lowest BCUT2D eigenvalue weighted by Crippen LogP contribution is -2.26. The molecule has 0 radical (unpaired) electrons. The van der Waals surface area contributed by atoms with Gasteiger partial charge in [-0.1, -0.05) is 36.4 Å². The summed E-state index contributed by atoms with van der Waals surface area (Å²) < 4.78 is 5.68. The highest BCUT2D eigenvalue weighted by Gasteiger charge is 2.20. The number of benzene rings is 2. The highest BCUT2D eigenvalue weighted by molar-refractivity contribution is 5.95. The van der Waals surface area contributed by atoms with Gasteiger partial charge in [-0.25, -0.2) is 9.97 Å². The molecular weight excluding hydrogens is 314 g/mol. The minimum atomic E-state index is -0.104. The lowest BCUT2D eigenvalue weighted by molar-refractivity contribution is 0.0939. The molecule has 1 aliphatic heterocycles. The Hall–Kier alpha value is -3.21. The lowest BCUT2D eigenvalue weighted by Gasteiger charge is -2.20. The second-order valence-electron chi connectivity index (χ2n) is 6.00. The number of carbonyl (C=O) groups is 1. The SMILES string of the molecule is C[C@@H](NC(=O)c1ccc2c(c1)COc1cncnc1-2)c1ccccc1. The number of amides is 1. The van der Waals surface area contributed by atoms with E-state index in [4.69, 9.17) is 4.74 Å². The molecule has 0 unspecified atom stereocenters. The van der Waals surface area contributed by atoms with Gasteiger partial charge >= 0.3 is 0 Å². The van der Waals surface area contributed by atoms with Gasteiger partial charge in [0.1, 0.15) is 18.6 Å². The van der Waals surface area contributed by atoms with Gasteiger partial charge in [-0.15, -0.1) is 0 Å². The first-order chi connectivity index (χ1) is 12.2. The van der Waals surface area contributed by atoms with Crippen LogP contribution >= 0.6 is 0 Å². The van der Waals surface area contributed by atoms with Gasteiger partial charge in [0, 0.05) is 11.1 Å². The zero-order chi connectivity index (χ0) is 17.2. The number of carbonyl (C=O) groups excluding carboxylic acids is 1. The van der Waals surface area contributed by atoms with Crippen molar-refractivity contribution < 1.29 is 9.53 Å². The summed E-state index contributed by atoms with van der Waals surface area (Å²) in [6.07, 6.45) is 3.16. The standard InChI is InChI=1S/C20H17N3O2/c1-13(14-5-3-2-4-6-14)23-20(24)15-7-8-17-16(9-15)11-25-18-10-21-12-22-19(17)18/h2-10,12-13H,11H2,1H3,(H,23,24)/t13-/m1/s1. The Morgan fingerprint density at radius 2 is 2.04 bits per heavy atom. The number of fused-ring (bicyclic) bond motifs is 3. The van der Waals surface area contributed by atoms with Gasteiger partial charge in [0.15, 0.2) is 5.75 Å². The van der Waals surface area contributed by atoms with E-state index in [1.54, 1.807) is 6.20 Å². The molecule has 2 heterocycles. The van der Waals surface area contributed by atoms with Gasteiger partial charge in [0.05, 0.1) is 12.2 Å². The molecule has 0 aliphatic carbocycles. The zero-order valence-corrected chi connectivity index (χ0v) is 13.8. The Morgan fingerprint density at radius 1 is 1.20 bits per heavy atom. The minimum Gasteiger partial charge on any atom is -0.485 e. The van der Waals surface area contributed by atoms with Gasteiger partial charge in [0.25, 0.3) is 5.91 Å². The van der Waals surface area contributed by atoms with Crippen molar-refractivity contribution in [1.82, 2.24) is 15.3 Å². The maximum absolute atomic E-state index is 12.6. The highest BCUT2D eigenvalue weighted by Crippen LogP contribution is 2.35. The Morgan fingerprint density at radius 3 is 2.88 bits per heavy atom. The Bertz CT molecular complexity index is 925. The largest absolute Gasteiger partial charge is 0.485 e. The summed E-state index contributed by atoms with van der Waals surface area (Å²) in [6, 6.07) is 15.5. The second kappa shape index (κ2) is 6.36. The lowest BCUT2D eigenvalue weighted by atomic mass is 9.99. The molecule has 25 heavy (non-hydrogen) atoms. The molecule has 1 amide bonds. The van der Waals surface area contributed by atoms with Crippen LogP contribution in [0.4, 0.5) is 0 Å². The molecule has 1 N–H and O–H groups in total. The third kappa shape index (κ3) is 2.96. The van der Waals surface area contributed by atoms with E-state index >= 15 is 0 Å². The Labute approximate surface area is 145 Å². The van der Waals surface area contributed by atoms with E-state index in [1.807, 2.05) is 55.5 Å². The summed E-state index contributed by atoms with van der Waals surface area (Å²) in [5, 5.41) is 3.03. The van der Waals surface area contributed by atoms with Gasteiger partial charge in [0.2, 0.25) is 0 Å². The summed E-state index contributed by atoms with van der Waals surface area (Å²) >= 11 is 0. The average Bonchev–Trinajstić information content (AvgIpc) is 2.68. The molecule has 124 valence electrons. The number of rotatable bonds is 3.